The Balaban J connectivity index is 1.60. The maximum absolute atomic E-state index is 12.6. The van der Waals surface area contributed by atoms with E-state index in [1.165, 1.54) is 0 Å². The molecule has 0 atom stereocenters. The average molecular weight is 416 g/mol. The number of para-hydroxylation sites is 1. The zero-order chi connectivity index (χ0) is 22.1. The Bertz CT molecular complexity index is 950. The van der Waals surface area contributed by atoms with Crippen LogP contribution in [0, 0.1) is 0 Å². The van der Waals surface area contributed by atoms with Gasteiger partial charge in [0.15, 0.2) is 0 Å². The number of hydrogen-bond acceptors (Lipinski definition) is 3. The number of benzene rings is 3. The van der Waals surface area contributed by atoms with Gasteiger partial charge in [0.1, 0.15) is 0 Å². The molecule has 3 aromatic carbocycles. The minimum Gasteiger partial charge on any atom is -0.346 e. The second-order valence-electron chi connectivity index (χ2n) is 7.47. The fourth-order valence-corrected chi connectivity index (χ4v) is 3.67. The van der Waals surface area contributed by atoms with Gasteiger partial charge < -0.3 is 10.6 Å². The van der Waals surface area contributed by atoms with Gasteiger partial charge in [-0.2, -0.15) is 0 Å². The van der Waals surface area contributed by atoms with E-state index in [9.17, 15) is 9.59 Å². The van der Waals surface area contributed by atoms with Gasteiger partial charge in [0.05, 0.1) is 19.1 Å². The predicted molar refractivity (Wildman–Crippen MR) is 125 cm³/mol. The van der Waals surface area contributed by atoms with Crippen molar-refractivity contribution in [3.05, 3.63) is 102 Å². The smallest absolute Gasteiger partial charge is 0.243 e. The van der Waals surface area contributed by atoms with E-state index in [1.807, 2.05) is 79.5 Å². The van der Waals surface area contributed by atoms with E-state index in [1.54, 1.807) is 0 Å². The van der Waals surface area contributed by atoms with Crippen LogP contribution in [0.1, 0.15) is 29.7 Å². The lowest BCUT2D eigenvalue weighted by molar-refractivity contribution is -0.125. The molecule has 0 radical (unpaired) electrons. The van der Waals surface area contributed by atoms with Crippen molar-refractivity contribution >= 4 is 17.5 Å². The molecule has 3 aromatic rings. The number of likely N-dealkylation sites (N-methyl/N-ethyl adjacent to an activating group) is 1. The zero-order valence-electron chi connectivity index (χ0n) is 18.0. The fraction of sp³-hybridized carbons (Fsp3) is 0.231. The van der Waals surface area contributed by atoms with Gasteiger partial charge >= 0.3 is 0 Å². The van der Waals surface area contributed by atoms with Crippen molar-refractivity contribution in [3.8, 4) is 0 Å². The average Bonchev–Trinajstić information content (AvgIpc) is 2.80. The Morgan fingerprint density at radius 2 is 1.35 bits per heavy atom. The van der Waals surface area contributed by atoms with E-state index < -0.39 is 0 Å². The lowest BCUT2D eigenvalue weighted by Gasteiger charge is -2.28. The maximum Gasteiger partial charge on any atom is 0.243 e. The minimum absolute atomic E-state index is 0.0570. The van der Waals surface area contributed by atoms with Gasteiger partial charge in [-0.05, 0) is 36.2 Å². The summed E-state index contributed by atoms with van der Waals surface area (Å²) in [5.74, 6) is -0.433. The second-order valence-corrected chi connectivity index (χ2v) is 7.47. The number of aryl methyl sites for hydroxylation is 1. The number of carbonyl (C=O) groups excluding carboxylic acids is 2. The van der Waals surface area contributed by atoms with Crippen LogP contribution in [0.2, 0.25) is 0 Å². The van der Waals surface area contributed by atoms with E-state index in [4.69, 9.17) is 0 Å². The summed E-state index contributed by atoms with van der Waals surface area (Å²) in [7, 11) is 1.92. The molecule has 0 aromatic heterocycles. The number of hydrogen-bond donors (Lipinski definition) is 2. The Morgan fingerprint density at radius 1 is 0.806 bits per heavy atom. The third-order valence-corrected chi connectivity index (χ3v) is 5.18. The predicted octanol–water partition coefficient (Wildman–Crippen LogP) is 4.03. The molecule has 2 amide bonds. The first-order valence-electron chi connectivity index (χ1n) is 10.5. The van der Waals surface area contributed by atoms with Crippen LogP contribution in [0.3, 0.4) is 0 Å². The summed E-state index contributed by atoms with van der Waals surface area (Å²) in [5.41, 5.74) is 4.07. The summed E-state index contributed by atoms with van der Waals surface area (Å²) < 4.78 is 0. The highest BCUT2D eigenvalue weighted by atomic mass is 16.2. The van der Waals surface area contributed by atoms with Crippen LogP contribution in [-0.2, 0) is 16.0 Å². The number of nitrogens with zero attached hydrogens (tertiary/aromatic N) is 1. The lowest BCUT2D eigenvalue weighted by Crippen LogP contribution is -2.40. The molecule has 0 aliphatic rings. The Hall–Kier alpha value is -3.44. The first kappa shape index (κ1) is 22.2. The van der Waals surface area contributed by atoms with E-state index in [0.29, 0.717) is 0 Å². The van der Waals surface area contributed by atoms with Crippen LogP contribution in [0.15, 0.2) is 84.9 Å². The molecule has 0 aliphatic carbocycles. The van der Waals surface area contributed by atoms with Crippen LogP contribution >= 0.6 is 0 Å². The van der Waals surface area contributed by atoms with Crippen LogP contribution in [0.5, 0.6) is 0 Å². The molecule has 0 unspecified atom stereocenters. The monoisotopic (exact) mass is 415 g/mol. The molecule has 5 nitrogen and oxygen atoms in total. The summed E-state index contributed by atoms with van der Waals surface area (Å²) >= 11 is 0. The quantitative estimate of drug-likeness (QED) is 0.555. The zero-order valence-corrected chi connectivity index (χ0v) is 18.0. The van der Waals surface area contributed by atoms with Crippen molar-refractivity contribution in [3.63, 3.8) is 0 Å². The van der Waals surface area contributed by atoms with Gasteiger partial charge in [0.2, 0.25) is 11.8 Å². The van der Waals surface area contributed by atoms with Crippen molar-refractivity contribution in [1.29, 1.82) is 0 Å². The van der Waals surface area contributed by atoms with Crippen molar-refractivity contribution in [2.24, 2.45) is 0 Å². The fourth-order valence-electron chi connectivity index (χ4n) is 3.67. The van der Waals surface area contributed by atoms with Crippen molar-refractivity contribution in [2.75, 3.05) is 25.5 Å². The molecule has 0 saturated carbocycles. The molecule has 0 heterocycles. The van der Waals surface area contributed by atoms with Crippen LogP contribution in [-0.4, -0.2) is 36.9 Å². The molecule has 0 saturated heterocycles. The molecule has 0 fully saturated rings. The Morgan fingerprint density at radius 3 is 1.94 bits per heavy atom. The van der Waals surface area contributed by atoms with E-state index >= 15 is 0 Å². The number of carbonyl (C=O) groups is 2. The standard InChI is InChI=1S/C26H29N3O2/c1-3-20-12-10-11-17-23(20)28-24(30)18-27-25(31)19-29(2)26(21-13-6-4-7-14-21)22-15-8-5-9-16-22/h4-17,26H,3,18-19H2,1-2H3,(H,27,31)(H,28,30). The molecule has 0 aliphatic heterocycles. The highest BCUT2D eigenvalue weighted by Gasteiger charge is 2.21. The highest BCUT2D eigenvalue weighted by molar-refractivity contribution is 5.95. The van der Waals surface area contributed by atoms with Crippen LogP contribution in [0.4, 0.5) is 5.69 Å². The summed E-state index contributed by atoms with van der Waals surface area (Å²) in [6.45, 7) is 2.15. The molecule has 2 N–H and O–H groups in total. The van der Waals surface area contributed by atoms with Crippen LogP contribution in [0.25, 0.3) is 0 Å². The molecule has 3 rings (SSSR count). The second kappa shape index (κ2) is 11.1. The molecule has 31 heavy (non-hydrogen) atoms. The Labute approximate surface area is 184 Å². The van der Waals surface area contributed by atoms with Gasteiger partial charge in [-0.25, -0.2) is 0 Å². The minimum atomic E-state index is -0.237. The number of anilines is 1. The maximum atomic E-state index is 12.6. The molecular formula is C26H29N3O2. The van der Waals surface area contributed by atoms with Gasteiger partial charge in [-0.3, -0.25) is 14.5 Å². The van der Waals surface area contributed by atoms with Crippen molar-refractivity contribution in [1.82, 2.24) is 10.2 Å². The number of amides is 2. The molecule has 0 spiro atoms. The van der Waals surface area contributed by atoms with E-state index in [-0.39, 0.29) is 30.9 Å². The first-order valence-corrected chi connectivity index (χ1v) is 10.5. The van der Waals surface area contributed by atoms with Gasteiger partial charge in [-0.15, -0.1) is 0 Å². The number of rotatable bonds is 9. The molecule has 160 valence electrons. The lowest BCUT2D eigenvalue weighted by atomic mass is 9.97. The van der Waals surface area contributed by atoms with Gasteiger partial charge in [-0.1, -0.05) is 85.8 Å². The third kappa shape index (κ3) is 6.27. The largest absolute Gasteiger partial charge is 0.346 e. The van der Waals surface area contributed by atoms with Crippen molar-refractivity contribution < 1.29 is 9.59 Å². The van der Waals surface area contributed by atoms with Crippen LogP contribution < -0.4 is 10.6 Å². The third-order valence-electron chi connectivity index (χ3n) is 5.18. The summed E-state index contributed by atoms with van der Waals surface area (Å²) in [6, 6.07) is 27.8. The SMILES string of the molecule is CCc1ccccc1NC(=O)CNC(=O)CN(C)C(c1ccccc1)c1ccccc1. The number of nitrogens with one attached hydrogen (secondary N) is 2. The molecule has 5 heteroatoms. The van der Waals surface area contributed by atoms with Gasteiger partial charge in [0, 0.05) is 5.69 Å². The highest BCUT2D eigenvalue weighted by Crippen LogP contribution is 2.27. The van der Waals surface area contributed by atoms with E-state index in [2.05, 4.69) is 34.9 Å². The van der Waals surface area contributed by atoms with Gasteiger partial charge in [0.25, 0.3) is 0 Å². The summed E-state index contributed by atoms with van der Waals surface area (Å²) in [5, 5.41) is 5.61. The van der Waals surface area contributed by atoms with E-state index in [0.717, 1.165) is 28.8 Å². The first-order chi connectivity index (χ1) is 15.1. The summed E-state index contributed by atoms with van der Waals surface area (Å²) in [6.07, 6.45) is 0.827. The van der Waals surface area contributed by atoms with Crippen molar-refractivity contribution in [2.45, 2.75) is 19.4 Å². The Kier molecular flexibility index (Phi) is 7.96. The topological polar surface area (TPSA) is 61.4 Å². The molecule has 0 bridgehead atoms. The molecular weight excluding hydrogens is 386 g/mol. The normalized spacial score (nSPS) is 10.8. The summed E-state index contributed by atoms with van der Waals surface area (Å²) in [4.78, 5) is 26.9.